The Morgan fingerprint density at radius 2 is 1.55 bits per heavy atom. The van der Waals surface area contributed by atoms with Crippen molar-refractivity contribution in [3.05, 3.63) is 84.4 Å². The molecule has 0 aromatic heterocycles. The number of anilines is 2. The second-order valence-corrected chi connectivity index (χ2v) is 7.99. The van der Waals surface area contributed by atoms with E-state index in [1.807, 2.05) is 6.07 Å². The van der Waals surface area contributed by atoms with E-state index >= 15 is 0 Å². The van der Waals surface area contributed by atoms with Crippen molar-refractivity contribution in [2.24, 2.45) is 0 Å². The molecule has 6 nitrogen and oxygen atoms in total. The van der Waals surface area contributed by atoms with Gasteiger partial charge in [0, 0.05) is 6.54 Å². The molecule has 0 spiro atoms. The Kier molecular flexibility index (Phi) is 6.19. The first-order valence-electron chi connectivity index (χ1n) is 9.10. The highest BCUT2D eigenvalue weighted by Crippen LogP contribution is 2.29. The van der Waals surface area contributed by atoms with Crippen molar-refractivity contribution >= 4 is 27.3 Å². The van der Waals surface area contributed by atoms with Gasteiger partial charge in [0.25, 0.3) is 15.9 Å². The highest BCUT2D eigenvalue weighted by Gasteiger charge is 2.27. The summed E-state index contributed by atoms with van der Waals surface area (Å²) in [6, 6.07) is 22.0. The lowest BCUT2D eigenvalue weighted by Crippen LogP contribution is -2.31. The Hall–Kier alpha value is -3.32. The van der Waals surface area contributed by atoms with Gasteiger partial charge in [0.1, 0.15) is 10.6 Å². The first kappa shape index (κ1) is 20.4. The standard InChI is InChI=1S/C22H22N2O4S/c1-3-24(17-11-5-4-6-12-17)29(26,27)21-16-10-8-14-19(21)23-22(25)18-13-7-9-15-20(18)28-2/h4-16H,3H2,1-2H3,(H,23,25). The molecule has 7 heteroatoms. The van der Waals surface area contributed by atoms with Crippen molar-refractivity contribution in [3.63, 3.8) is 0 Å². The molecule has 1 N–H and O–H groups in total. The van der Waals surface area contributed by atoms with Crippen LogP contribution in [0.15, 0.2) is 83.8 Å². The third-order valence-electron chi connectivity index (χ3n) is 4.39. The topological polar surface area (TPSA) is 75.7 Å². The average molecular weight is 410 g/mol. The summed E-state index contributed by atoms with van der Waals surface area (Å²) in [4.78, 5) is 12.8. The van der Waals surface area contributed by atoms with E-state index in [4.69, 9.17) is 4.74 Å². The largest absolute Gasteiger partial charge is 0.496 e. The molecule has 0 aliphatic rings. The van der Waals surface area contributed by atoms with E-state index in [0.29, 0.717) is 17.0 Å². The predicted molar refractivity (Wildman–Crippen MR) is 114 cm³/mol. The van der Waals surface area contributed by atoms with Gasteiger partial charge in [-0.3, -0.25) is 9.10 Å². The fourth-order valence-electron chi connectivity index (χ4n) is 3.02. The van der Waals surface area contributed by atoms with E-state index in [9.17, 15) is 13.2 Å². The Labute approximate surface area is 170 Å². The zero-order valence-electron chi connectivity index (χ0n) is 16.2. The molecule has 0 saturated carbocycles. The van der Waals surface area contributed by atoms with Gasteiger partial charge in [-0.15, -0.1) is 0 Å². The number of carbonyl (C=O) groups excluding carboxylic acids is 1. The fourth-order valence-corrected chi connectivity index (χ4v) is 4.65. The highest BCUT2D eigenvalue weighted by atomic mass is 32.2. The van der Waals surface area contributed by atoms with Crippen LogP contribution in [0.5, 0.6) is 5.75 Å². The molecule has 0 aliphatic heterocycles. The quantitative estimate of drug-likeness (QED) is 0.635. The maximum absolute atomic E-state index is 13.4. The van der Waals surface area contributed by atoms with Gasteiger partial charge in [0.05, 0.1) is 24.0 Å². The van der Waals surface area contributed by atoms with Crippen LogP contribution in [0.2, 0.25) is 0 Å². The van der Waals surface area contributed by atoms with Crippen molar-refractivity contribution in [1.82, 2.24) is 0 Å². The molecule has 150 valence electrons. The molecule has 3 aromatic rings. The van der Waals surface area contributed by atoms with E-state index in [0.717, 1.165) is 0 Å². The number of nitrogens with one attached hydrogen (secondary N) is 1. The zero-order chi connectivity index (χ0) is 20.9. The minimum Gasteiger partial charge on any atom is -0.496 e. The van der Waals surface area contributed by atoms with Gasteiger partial charge in [0.2, 0.25) is 0 Å². The molecule has 3 aromatic carbocycles. The number of rotatable bonds is 7. The van der Waals surface area contributed by atoms with Crippen LogP contribution in [0.25, 0.3) is 0 Å². The third-order valence-corrected chi connectivity index (χ3v) is 6.35. The normalized spacial score (nSPS) is 11.0. The number of carbonyl (C=O) groups is 1. The molecule has 0 saturated heterocycles. The van der Waals surface area contributed by atoms with Crippen LogP contribution in [0.1, 0.15) is 17.3 Å². The van der Waals surface area contributed by atoms with E-state index in [-0.39, 0.29) is 17.1 Å². The first-order valence-corrected chi connectivity index (χ1v) is 10.5. The Balaban J connectivity index is 1.99. The van der Waals surface area contributed by atoms with Gasteiger partial charge in [-0.2, -0.15) is 0 Å². The number of hydrogen-bond donors (Lipinski definition) is 1. The van der Waals surface area contributed by atoms with Crippen molar-refractivity contribution in [2.75, 3.05) is 23.3 Å². The summed E-state index contributed by atoms with van der Waals surface area (Å²) >= 11 is 0. The van der Waals surface area contributed by atoms with Gasteiger partial charge in [-0.25, -0.2) is 8.42 Å². The predicted octanol–water partition coefficient (Wildman–Crippen LogP) is 4.16. The first-order chi connectivity index (χ1) is 14.0. The summed E-state index contributed by atoms with van der Waals surface area (Å²) in [5, 5.41) is 2.71. The summed E-state index contributed by atoms with van der Waals surface area (Å²) in [5.41, 5.74) is 1.08. The Bertz CT molecular complexity index is 1100. The molecule has 0 unspecified atom stereocenters. The molecule has 3 rings (SSSR count). The maximum Gasteiger partial charge on any atom is 0.266 e. The molecule has 0 fully saturated rings. The van der Waals surface area contributed by atoms with Crippen LogP contribution in [0, 0.1) is 0 Å². The lowest BCUT2D eigenvalue weighted by atomic mass is 10.2. The van der Waals surface area contributed by atoms with Gasteiger partial charge >= 0.3 is 0 Å². The maximum atomic E-state index is 13.4. The van der Waals surface area contributed by atoms with Crippen LogP contribution < -0.4 is 14.4 Å². The van der Waals surface area contributed by atoms with Crippen molar-refractivity contribution in [3.8, 4) is 5.75 Å². The summed E-state index contributed by atoms with van der Waals surface area (Å²) < 4.78 is 33.3. The zero-order valence-corrected chi connectivity index (χ0v) is 17.0. The number of para-hydroxylation sites is 3. The van der Waals surface area contributed by atoms with E-state index in [1.165, 1.54) is 17.5 Å². The molecular formula is C22H22N2O4S. The van der Waals surface area contributed by atoms with Crippen molar-refractivity contribution < 1.29 is 17.9 Å². The Morgan fingerprint density at radius 1 is 0.931 bits per heavy atom. The van der Waals surface area contributed by atoms with E-state index < -0.39 is 15.9 Å². The van der Waals surface area contributed by atoms with Gasteiger partial charge in [-0.1, -0.05) is 42.5 Å². The SMILES string of the molecule is CCN(c1ccccc1)S(=O)(=O)c1ccccc1NC(=O)c1ccccc1OC. The van der Waals surface area contributed by atoms with Crippen LogP contribution in [-0.4, -0.2) is 28.0 Å². The fraction of sp³-hybridized carbons (Fsp3) is 0.136. The van der Waals surface area contributed by atoms with E-state index in [1.54, 1.807) is 73.7 Å². The number of amides is 1. The molecule has 1 amide bonds. The lowest BCUT2D eigenvalue weighted by molar-refractivity contribution is 0.102. The van der Waals surface area contributed by atoms with Gasteiger partial charge in [-0.05, 0) is 43.3 Å². The number of sulfonamides is 1. The molecule has 0 atom stereocenters. The monoisotopic (exact) mass is 410 g/mol. The molecule has 29 heavy (non-hydrogen) atoms. The smallest absolute Gasteiger partial charge is 0.266 e. The van der Waals surface area contributed by atoms with Crippen LogP contribution in [0.3, 0.4) is 0 Å². The number of ether oxygens (including phenoxy) is 1. The van der Waals surface area contributed by atoms with Crippen LogP contribution in [0.4, 0.5) is 11.4 Å². The third kappa shape index (κ3) is 4.25. The molecule has 0 bridgehead atoms. The number of nitrogens with zero attached hydrogens (tertiary/aromatic N) is 1. The van der Waals surface area contributed by atoms with Crippen LogP contribution >= 0.6 is 0 Å². The highest BCUT2D eigenvalue weighted by molar-refractivity contribution is 7.93. The minimum absolute atomic E-state index is 0.0222. The van der Waals surface area contributed by atoms with Crippen molar-refractivity contribution in [2.45, 2.75) is 11.8 Å². The van der Waals surface area contributed by atoms with Crippen LogP contribution in [-0.2, 0) is 10.0 Å². The van der Waals surface area contributed by atoms with Crippen molar-refractivity contribution in [1.29, 1.82) is 0 Å². The van der Waals surface area contributed by atoms with Gasteiger partial charge in [0.15, 0.2) is 0 Å². The molecule has 0 aliphatic carbocycles. The summed E-state index contributed by atoms with van der Waals surface area (Å²) in [6.07, 6.45) is 0. The summed E-state index contributed by atoms with van der Waals surface area (Å²) in [7, 11) is -2.42. The number of hydrogen-bond acceptors (Lipinski definition) is 4. The average Bonchev–Trinajstić information content (AvgIpc) is 2.75. The lowest BCUT2D eigenvalue weighted by Gasteiger charge is -2.24. The molecular weight excluding hydrogens is 388 g/mol. The minimum atomic E-state index is -3.89. The van der Waals surface area contributed by atoms with Gasteiger partial charge < -0.3 is 10.1 Å². The molecule has 0 radical (unpaired) electrons. The second-order valence-electron chi connectivity index (χ2n) is 6.16. The molecule has 0 heterocycles. The summed E-state index contributed by atoms with van der Waals surface area (Å²) in [5.74, 6) is -0.0438. The summed E-state index contributed by atoms with van der Waals surface area (Å²) in [6.45, 7) is 2.02. The number of benzene rings is 3. The second kappa shape index (κ2) is 8.79. The van der Waals surface area contributed by atoms with E-state index in [2.05, 4.69) is 5.32 Å². The Morgan fingerprint density at radius 3 is 2.24 bits per heavy atom. The number of methoxy groups -OCH3 is 1.